The lowest BCUT2D eigenvalue weighted by atomic mass is 10.0. The number of carbonyl (C=O) groups is 2. The standard InChI is InChI=1S/C26H36N2O3/c1-22(26(30)28-31-21-24-18-12-8-13-19-24)27-25(29)20-14-6-4-2-3-5-9-15-23-16-10-7-11-17-23/h7-8,10-13,16-19,22H,2-6,9,14-15,20-21H2,1H3,(H,27,29)(H,28,30)/t22-/m1/s1. The van der Waals surface area contributed by atoms with E-state index >= 15 is 0 Å². The van der Waals surface area contributed by atoms with Crippen molar-refractivity contribution in [2.24, 2.45) is 0 Å². The van der Waals surface area contributed by atoms with E-state index in [0.717, 1.165) is 31.2 Å². The van der Waals surface area contributed by atoms with Gasteiger partial charge in [0.15, 0.2) is 0 Å². The normalized spacial score (nSPS) is 11.6. The topological polar surface area (TPSA) is 67.4 Å². The molecule has 0 heterocycles. The lowest BCUT2D eigenvalue weighted by Gasteiger charge is -2.14. The van der Waals surface area contributed by atoms with E-state index in [1.807, 2.05) is 30.3 Å². The molecule has 2 aromatic carbocycles. The number of aryl methyl sites for hydroxylation is 1. The molecule has 0 aliphatic heterocycles. The van der Waals surface area contributed by atoms with Crippen LogP contribution in [-0.2, 0) is 27.5 Å². The van der Waals surface area contributed by atoms with Crippen LogP contribution in [0.15, 0.2) is 60.7 Å². The number of unbranched alkanes of at least 4 members (excludes halogenated alkanes) is 6. The van der Waals surface area contributed by atoms with Crippen molar-refractivity contribution in [3.05, 3.63) is 71.8 Å². The van der Waals surface area contributed by atoms with Gasteiger partial charge < -0.3 is 5.32 Å². The molecule has 1 atom stereocenters. The predicted octanol–water partition coefficient (Wildman–Crippen LogP) is 5.10. The third kappa shape index (κ3) is 11.3. The van der Waals surface area contributed by atoms with Gasteiger partial charge in [0.1, 0.15) is 6.04 Å². The molecule has 0 fully saturated rings. The van der Waals surface area contributed by atoms with Crippen LogP contribution in [-0.4, -0.2) is 17.9 Å². The number of rotatable bonds is 15. The van der Waals surface area contributed by atoms with Crippen LogP contribution in [0.3, 0.4) is 0 Å². The van der Waals surface area contributed by atoms with E-state index in [0.29, 0.717) is 13.0 Å². The molecule has 0 aromatic heterocycles. The van der Waals surface area contributed by atoms with Gasteiger partial charge in [-0.2, -0.15) is 0 Å². The SMILES string of the molecule is C[C@@H](NC(=O)CCCCCCCCCc1ccccc1)C(=O)NOCc1ccccc1. The number of hydrogen-bond donors (Lipinski definition) is 2. The predicted molar refractivity (Wildman–Crippen MR) is 124 cm³/mol. The first-order valence-electron chi connectivity index (χ1n) is 11.4. The fourth-order valence-corrected chi connectivity index (χ4v) is 3.38. The summed E-state index contributed by atoms with van der Waals surface area (Å²) in [6.07, 6.45) is 9.63. The zero-order chi connectivity index (χ0) is 22.2. The molecule has 0 saturated heterocycles. The highest BCUT2D eigenvalue weighted by Crippen LogP contribution is 2.11. The molecule has 0 bridgehead atoms. The minimum atomic E-state index is -0.618. The largest absolute Gasteiger partial charge is 0.345 e. The summed E-state index contributed by atoms with van der Waals surface area (Å²) >= 11 is 0. The second kappa shape index (κ2) is 15.2. The number of hydroxylamine groups is 1. The first-order chi connectivity index (χ1) is 15.1. The van der Waals surface area contributed by atoms with Crippen LogP contribution >= 0.6 is 0 Å². The highest BCUT2D eigenvalue weighted by Gasteiger charge is 2.15. The molecule has 0 radical (unpaired) electrons. The Kier molecular flexibility index (Phi) is 12.1. The van der Waals surface area contributed by atoms with Crippen LogP contribution in [0.2, 0.25) is 0 Å². The first kappa shape index (κ1) is 24.6. The van der Waals surface area contributed by atoms with Crippen LogP contribution in [0.1, 0.15) is 69.4 Å². The number of nitrogens with one attached hydrogen (secondary N) is 2. The summed E-state index contributed by atoms with van der Waals surface area (Å²) in [7, 11) is 0. The van der Waals surface area contributed by atoms with Crippen LogP contribution in [0.5, 0.6) is 0 Å². The Hall–Kier alpha value is -2.66. The van der Waals surface area contributed by atoms with Gasteiger partial charge in [-0.05, 0) is 37.3 Å². The molecule has 168 valence electrons. The van der Waals surface area contributed by atoms with E-state index in [9.17, 15) is 9.59 Å². The van der Waals surface area contributed by atoms with Gasteiger partial charge >= 0.3 is 0 Å². The molecule has 0 aliphatic rings. The van der Waals surface area contributed by atoms with Gasteiger partial charge in [-0.25, -0.2) is 5.48 Å². The third-order valence-electron chi connectivity index (χ3n) is 5.24. The van der Waals surface area contributed by atoms with Crippen molar-refractivity contribution in [3.63, 3.8) is 0 Å². The average molecular weight is 425 g/mol. The van der Waals surface area contributed by atoms with Crippen molar-refractivity contribution in [2.75, 3.05) is 0 Å². The molecule has 0 spiro atoms. The van der Waals surface area contributed by atoms with E-state index in [4.69, 9.17) is 4.84 Å². The van der Waals surface area contributed by atoms with E-state index in [2.05, 4.69) is 41.1 Å². The molecular weight excluding hydrogens is 388 g/mol. The minimum absolute atomic E-state index is 0.0893. The molecule has 2 aromatic rings. The van der Waals surface area contributed by atoms with E-state index < -0.39 is 6.04 Å². The number of carbonyl (C=O) groups excluding carboxylic acids is 2. The monoisotopic (exact) mass is 424 g/mol. The summed E-state index contributed by atoms with van der Waals surface area (Å²) in [6, 6.07) is 19.6. The Balaban J connectivity index is 1.42. The summed E-state index contributed by atoms with van der Waals surface area (Å²) in [5.41, 5.74) is 4.78. The van der Waals surface area contributed by atoms with Gasteiger partial charge in [-0.1, -0.05) is 92.8 Å². The molecular formula is C26H36N2O3. The molecule has 2 N–H and O–H groups in total. The Morgan fingerprint density at radius 2 is 1.32 bits per heavy atom. The summed E-state index contributed by atoms with van der Waals surface area (Å²) < 4.78 is 0. The van der Waals surface area contributed by atoms with Gasteiger partial charge in [0.2, 0.25) is 5.91 Å². The lowest BCUT2D eigenvalue weighted by molar-refractivity contribution is -0.138. The zero-order valence-electron chi connectivity index (χ0n) is 18.6. The fraction of sp³-hybridized carbons (Fsp3) is 0.462. The quantitative estimate of drug-likeness (QED) is 0.309. The number of hydrogen-bond acceptors (Lipinski definition) is 3. The maximum absolute atomic E-state index is 12.0. The van der Waals surface area contributed by atoms with E-state index in [1.54, 1.807) is 6.92 Å². The second-order valence-electron chi connectivity index (χ2n) is 7.99. The Labute approximate surface area is 186 Å². The smallest absolute Gasteiger partial charge is 0.265 e. The number of amides is 2. The summed E-state index contributed by atoms with van der Waals surface area (Å²) in [4.78, 5) is 29.3. The highest BCUT2D eigenvalue weighted by atomic mass is 16.6. The Morgan fingerprint density at radius 3 is 1.97 bits per heavy atom. The van der Waals surface area contributed by atoms with Crippen LogP contribution in [0.4, 0.5) is 0 Å². The molecule has 0 aliphatic carbocycles. The van der Waals surface area contributed by atoms with Gasteiger partial charge in [0, 0.05) is 6.42 Å². The zero-order valence-corrected chi connectivity index (χ0v) is 18.6. The number of benzene rings is 2. The molecule has 5 heteroatoms. The van der Waals surface area contributed by atoms with Crippen molar-refractivity contribution in [3.8, 4) is 0 Å². The third-order valence-corrected chi connectivity index (χ3v) is 5.24. The average Bonchev–Trinajstić information content (AvgIpc) is 2.79. The van der Waals surface area contributed by atoms with E-state index in [-0.39, 0.29) is 11.8 Å². The maximum Gasteiger partial charge on any atom is 0.265 e. The van der Waals surface area contributed by atoms with Crippen molar-refractivity contribution in [2.45, 2.75) is 77.4 Å². The molecule has 5 nitrogen and oxygen atoms in total. The maximum atomic E-state index is 12.0. The van der Waals surface area contributed by atoms with E-state index in [1.165, 1.54) is 31.2 Å². The summed E-state index contributed by atoms with van der Waals surface area (Å²) in [5.74, 6) is -0.437. The molecule has 31 heavy (non-hydrogen) atoms. The fourth-order valence-electron chi connectivity index (χ4n) is 3.38. The van der Waals surface area contributed by atoms with Crippen molar-refractivity contribution in [1.82, 2.24) is 10.8 Å². The highest BCUT2D eigenvalue weighted by molar-refractivity contribution is 5.86. The lowest BCUT2D eigenvalue weighted by Crippen LogP contribution is -2.44. The van der Waals surface area contributed by atoms with Crippen LogP contribution < -0.4 is 10.8 Å². The summed E-state index contributed by atoms with van der Waals surface area (Å²) in [5, 5.41) is 2.73. The second-order valence-corrected chi connectivity index (χ2v) is 7.99. The molecule has 2 amide bonds. The molecule has 0 saturated carbocycles. The van der Waals surface area contributed by atoms with Crippen LogP contribution in [0.25, 0.3) is 0 Å². The van der Waals surface area contributed by atoms with Gasteiger partial charge in [-0.3, -0.25) is 14.4 Å². The van der Waals surface area contributed by atoms with Crippen LogP contribution in [0, 0.1) is 0 Å². The molecule has 2 rings (SSSR count). The van der Waals surface area contributed by atoms with Crippen molar-refractivity contribution >= 4 is 11.8 Å². The minimum Gasteiger partial charge on any atom is -0.345 e. The molecule has 0 unspecified atom stereocenters. The Morgan fingerprint density at radius 1 is 0.774 bits per heavy atom. The van der Waals surface area contributed by atoms with Crippen molar-refractivity contribution < 1.29 is 14.4 Å². The first-order valence-corrected chi connectivity index (χ1v) is 11.4. The van der Waals surface area contributed by atoms with Gasteiger partial charge in [0.25, 0.3) is 5.91 Å². The van der Waals surface area contributed by atoms with Crippen molar-refractivity contribution in [1.29, 1.82) is 0 Å². The Bertz CT molecular complexity index is 750. The van der Waals surface area contributed by atoms with Gasteiger partial charge in [-0.15, -0.1) is 0 Å². The van der Waals surface area contributed by atoms with Gasteiger partial charge in [0.05, 0.1) is 6.61 Å². The summed E-state index contributed by atoms with van der Waals surface area (Å²) in [6.45, 7) is 1.95.